The molecule has 1 fully saturated rings. The molecule has 0 unspecified atom stereocenters. The van der Waals surface area contributed by atoms with Crippen LogP contribution >= 0.6 is 0 Å². The van der Waals surface area contributed by atoms with Crippen molar-refractivity contribution in [3.8, 4) is 0 Å². The van der Waals surface area contributed by atoms with E-state index < -0.39 is 17.2 Å². The third-order valence-electron chi connectivity index (χ3n) is 2.97. The summed E-state index contributed by atoms with van der Waals surface area (Å²) in [7, 11) is 0. The zero-order chi connectivity index (χ0) is 11.6. The third kappa shape index (κ3) is 1.99. The van der Waals surface area contributed by atoms with Gasteiger partial charge in [-0.25, -0.2) is 4.39 Å². The lowest BCUT2D eigenvalue weighted by Crippen LogP contribution is -2.48. The summed E-state index contributed by atoms with van der Waals surface area (Å²) in [5.41, 5.74) is -1.43. The second kappa shape index (κ2) is 4.31. The van der Waals surface area contributed by atoms with Crippen molar-refractivity contribution in [1.29, 1.82) is 0 Å². The molecule has 86 valence electrons. The molecule has 3 nitrogen and oxygen atoms in total. The minimum Gasteiger partial charge on any atom is -0.382 e. The zero-order valence-electron chi connectivity index (χ0n) is 8.87. The Morgan fingerprint density at radius 2 is 1.94 bits per heavy atom. The van der Waals surface area contributed by atoms with Crippen molar-refractivity contribution in [2.45, 2.75) is 18.4 Å². The van der Waals surface area contributed by atoms with E-state index >= 15 is 0 Å². The summed E-state index contributed by atoms with van der Waals surface area (Å²) < 4.78 is 13.4. The number of benzene rings is 1. The van der Waals surface area contributed by atoms with E-state index in [1.165, 1.54) is 18.2 Å². The van der Waals surface area contributed by atoms with Crippen LogP contribution in [0.2, 0.25) is 0 Å². The van der Waals surface area contributed by atoms with Gasteiger partial charge in [-0.05, 0) is 38.1 Å². The summed E-state index contributed by atoms with van der Waals surface area (Å²) in [6.07, 6.45) is 0.667. The molecule has 0 aromatic heterocycles. The van der Waals surface area contributed by atoms with E-state index in [-0.39, 0.29) is 5.56 Å². The van der Waals surface area contributed by atoms with Gasteiger partial charge in [0.25, 0.3) is 0 Å². The lowest BCUT2D eigenvalue weighted by atomic mass is 9.84. The van der Waals surface area contributed by atoms with Crippen LogP contribution < -0.4 is 5.32 Å². The quantitative estimate of drug-likeness (QED) is 0.739. The molecule has 0 spiro atoms. The van der Waals surface area contributed by atoms with E-state index in [0.29, 0.717) is 25.9 Å². The molecule has 1 heterocycles. The first-order valence-corrected chi connectivity index (χ1v) is 5.36. The second-order valence-electron chi connectivity index (χ2n) is 4.09. The zero-order valence-corrected chi connectivity index (χ0v) is 8.87. The highest BCUT2D eigenvalue weighted by atomic mass is 19.1. The minimum absolute atomic E-state index is 0.0214. The molecule has 1 aliphatic rings. The number of piperidine rings is 1. The smallest absolute Gasteiger partial charge is 0.197 e. The number of nitrogens with one attached hydrogen (secondary N) is 1. The van der Waals surface area contributed by atoms with Gasteiger partial charge >= 0.3 is 0 Å². The Balaban J connectivity index is 2.28. The fraction of sp³-hybridized carbons (Fsp3) is 0.417. The summed E-state index contributed by atoms with van der Waals surface area (Å²) in [5, 5.41) is 13.2. The van der Waals surface area contributed by atoms with E-state index in [4.69, 9.17) is 0 Å². The summed E-state index contributed by atoms with van der Waals surface area (Å²) in [6.45, 7) is 1.16. The Hall–Kier alpha value is -1.26. The number of rotatable bonds is 2. The van der Waals surface area contributed by atoms with Crippen molar-refractivity contribution in [2.75, 3.05) is 13.1 Å². The van der Waals surface area contributed by atoms with Gasteiger partial charge in [-0.2, -0.15) is 0 Å². The van der Waals surface area contributed by atoms with Crippen molar-refractivity contribution in [1.82, 2.24) is 5.32 Å². The van der Waals surface area contributed by atoms with Crippen LogP contribution in [0.3, 0.4) is 0 Å². The van der Waals surface area contributed by atoms with Crippen LogP contribution in [-0.2, 0) is 0 Å². The molecule has 2 N–H and O–H groups in total. The van der Waals surface area contributed by atoms with Crippen LogP contribution in [0.1, 0.15) is 23.2 Å². The largest absolute Gasteiger partial charge is 0.382 e. The van der Waals surface area contributed by atoms with Crippen molar-refractivity contribution in [3.63, 3.8) is 0 Å². The molecule has 0 saturated carbocycles. The Morgan fingerprint density at radius 3 is 2.56 bits per heavy atom. The number of hydrogen-bond acceptors (Lipinski definition) is 3. The van der Waals surface area contributed by atoms with E-state index in [2.05, 4.69) is 5.32 Å². The van der Waals surface area contributed by atoms with Gasteiger partial charge in [0.2, 0.25) is 0 Å². The standard InChI is InChI=1S/C12H14FNO2/c13-10-4-2-1-3-9(10)11(15)12(16)5-7-14-8-6-12/h1-4,14,16H,5-8H2. The third-order valence-corrected chi connectivity index (χ3v) is 2.97. The molecule has 0 bridgehead atoms. The summed E-state index contributed by atoms with van der Waals surface area (Å²) in [6, 6.07) is 5.77. The van der Waals surface area contributed by atoms with Gasteiger partial charge in [-0.3, -0.25) is 4.79 Å². The topological polar surface area (TPSA) is 49.3 Å². The second-order valence-corrected chi connectivity index (χ2v) is 4.09. The van der Waals surface area contributed by atoms with Gasteiger partial charge in [0, 0.05) is 0 Å². The summed E-state index contributed by atoms with van der Waals surface area (Å²) in [4.78, 5) is 12.0. The molecule has 0 radical (unpaired) electrons. The van der Waals surface area contributed by atoms with Gasteiger partial charge < -0.3 is 10.4 Å². The maximum absolute atomic E-state index is 13.4. The highest BCUT2D eigenvalue weighted by Crippen LogP contribution is 2.24. The molecule has 4 heteroatoms. The number of Topliss-reactive ketones (excluding diaryl/α,β-unsaturated/α-hetero) is 1. The lowest BCUT2D eigenvalue weighted by molar-refractivity contribution is 0.0151. The summed E-state index contributed by atoms with van der Waals surface area (Å²) >= 11 is 0. The van der Waals surface area contributed by atoms with Crippen LogP contribution in [0, 0.1) is 5.82 Å². The number of carbonyl (C=O) groups excluding carboxylic acids is 1. The number of ketones is 1. The molecule has 0 atom stereocenters. The average molecular weight is 223 g/mol. The summed E-state index contributed by atoms with van der Waals surface area (Å²) in [5.74, 6) is -1.08. The number of aliphatic hydroxyl groups is 1. The predicted octanol–water partition coefficient (Wildman–Crippen LogP) is 1.12. The first kappa shape index (κ1) is 11.2. The molecule has 0 aliphatic carbocycles. The van der Waals surface area contributed by atoms with Crippen LogP contribution in [0.15, 0.2) is 24.3 Å². The maximum atomic E-state index is 13.4. The Bertz CT molecular complexity index is 400. The Labute approximate surface area is 93.3 Å². The fourth-order valence-electron chi connectivity index (χ4n) is 1.96. The van der Waals surface area contributed by atoms with Crippen molar-refractivity contribution in [2.24, 2.45) is 0 Å². The predicted molar refractivity (Wildman–Crippen MR) is 57.8 cm³/mol. The highest BCUT2D eigenvalue weighted by molar-refractivity contribution is 6.02. The van der Waals surface area contributed by atoms with Gasteiger partial charge in [0.1, 0.15) is 11.4 Å². The van der Waals surface area contributed by atoms with Gasteiger partial charge in [-0.15, -0.1) is 0 Å². The van der Waals surface area contributed by atoms with Crippen LogP contribution in [0.5, 0.6) is 0 Å². The Morgan fingerprint density at radius 1 is 1.31 bits per heavy atom. The van der Waals surface area contributed by atoms with Gasteiger partial charge in [0.05, 0.1) is 5.56 Å². The number of hydrogen-bond donors (Lipinski definition) is 2. The van der Waals surface area contributed by atoms with E-state index in [1.54, 1.807) is 6.07 Å². The fourth-order valence-corrected chi connectivity index (χ4v) is 1.96. The SMILES string of the molecule is O=C(c1ccccc1F)C1(O)CCNCC1. The normalized spacial score (nSPS) is 19.4. The van der Waals surface area contributed by atoms with Gasteiger partial charge in [0.15, 0.2) is 5.78 Å². The molecule has 0 amide bonds. The first-order valence-electron chi connectivity index (χ1n) is 5.36. The van der Waals surface area contributed by atoms with Crippen LogP contribution in [0.4, 0.5) is 4.39 Å². The molecule has 1 saturated heterocycles. The average Bonchev–Trinajstić information content (AvgIpc) is 2.30. The molecule has 1 aromatic rings. The van der Waals surface area contributed by atoms with E-state index in [0.717, 1.165) is 0 Å². The minimum atomic E-state index is -1.41. The van der Waals surface area contributed by atoms with Crippen molar-refractivity contribution >= 4 is 5.78 Å². The van der Waals surface area contributed by atoms with Crippen LogP contribution in [0.25, 0.3) is 0 Å². The van der Waals surface area contributed by atoms with E-state index in [9.17, 15) is 14.3 Å². The molecule has 1 aliphatic heterocycles. The highest BCUT2D eigenvalue weighted by Gasteiger charge is 2.38. The van der Waals surface area contributed by atoms with Crippen molar-refractivity contribution < 1.29 is 14.3 Å². The number of carbonyl (C=O) groups is 1. The first-order chi connectivity index (χ1) is 7.63. The molecular weight excluding hydrogens is 209 g/mol. The molecule has 1 aromatic carbocycles. The Kier molecular flexibility index (Phi) is 3.03. The van der Waals surface area contributed by atoms with Gasteiger partial charge in [-0.1, -0.05) is 12.1 Å². The van der Waals surface area contributed by atoms with Crippen molar-refractivity contribution in [3.05, 3.63) is 35.6 Å². The number of halogens is 1. The van der Waals surface area contributed by atoms with Crippen LogP contribution in [-0.4, -0.2) is 29.6 Å². The maximum Gasteiger partial charge on any atom is 0.197 e. The molecule has 16 heavy (non-hydrogen) atoms. The van der Waals surface area contributed by atoms with E-state index in [1.807, 2.05) is 0 Å². The molecule has 2 rings (SSSR count). The molecular formula is C12H14FNO2. The lowest BCUT2D eigenvalue weighted by Gasteiger charge is -2.31. The monoisotopic (exact) mass is 223 g/mol.